The van der Waals surface area contributed by atoms with Crippen LogP contribution in [-0.2, 0) is 0 Å². The smallest absolute Gasteiger partial charge is 0.251 e. The molecule has 2 N–H and O–H groups in total. The van der Waals surface area contributed by atoms with E-state index in [0.717, 1.165) is 27.2 Å². The lowest BCUT2D eigenvalue weighted by Gasteiger charge is -2.21. The molecule has 3 nitrogen and oxygen atoms in total. The second-order valence-electron chi connectivity index (χ2n) is 6.07. The molecule has 2 aromatic rings. The maximum Gasteiger partial charge on any atom is 0.251 e. The molecule has 2 bridgehead atoms. The van der Waals surface area contributed by atoms with E-state index in [1.54, 1.807) is 0 Å². The minimum atomic E-state index is 0.0382. The maximum atomic E-state index is 12.5. The van der Waals surface area contributed by atoms with Crippen LogP contribution in [0.4, 0.5) is 0 Å². The summed E-state index contributed by atoms with van der Waals surface area (Å²) in [5, 5.41) is 8.98. The van der Waals surface area contributed by atoms with Crippen LogP contribution in [0.5, 0.6) is 0 Å². The molecule has 0 radical (unpaired) electrons. The number of rotatable bonds is 2. The second-order valence-corrected chi connectivity index (χ2v) is 6.99. The zero-order chi connectivity index (χ0) is 14.4. The zero-order valence-corrected chi connectivity index (χ0v) is 13.2. The number of hydrogen-bond donors (Lipinski definition) is 2. The van der Waals surface area contributed by atoms with Crippen LogP contribution in [0.3, 0.4) is 0 Å². The van der Waals surface area contributed by atoms with Crippen molar-refractivity contribution in [1.82, 2.24) is 10.6 Å². The normalized spacial score (nSPS) is 27.2. The van der Waals surface area contributed by atoms with Gasteiger partial charge in [-0.1, -0.05) is 28.1 Å². The third-order valence-electron chi connectivity index (χ3n) is 4.68. The SMILES string of the molecule is O=C(N[C@@H]1C[C@H]2CC[C@@H]1N2)c1ccc2ccc(Br)cc2c1. The molecule has 2 heterocycles. The molecule has 4 rings (SSSR count). The van der Waals surface area contributed by atoms with Gasteiger partial charge >= 0.3 is 0 Å². The lowest BCUT2D eigenvalue weighted by atomic mass is 9.95. The molecule has 4 heteroatoms. The van der Waals surface area contributed by atoms with E-state index in [1.165, 1.54) is 12.8 Å². The number of carbonyl (C=O) groups is 1. The van der Waals surface area contributed by atoms with Crippen molar-refractivity contribution in [2.75, 3.05) is 0 Å². The molecule has 2 aliphatic heterocycles. The molecule has 0 saturated carbocycles. The van der Waals surface area contributed by atoms with E-state index >= 15 is 0 Å². The number of carbonyl (C=O) groups excluding carboxylic acids is 1. The Bertz CT molecular complexity index is 715. The highest BCUT2D eigenvalue weighted by Gasteiger charge is 2.39. The van der Waals surface area contributed by atoms with E-state index in [4.69, 9.17) is 0 Å². The Balaban J connectivity index is 1.56. The van der Waals surface area contributed by atoms with E-state index in [1.807, 2.05) is 30.3 Å². The summed E-state index contributed by atoms with van der Waals surface area (Å²) < 4.78 is 1.03. The first kappa shape index (κ1) is 13.3. The fourth-order valence-corrected chi connectivity index (χ4v) is 3.97. The van der Waals surface area contributed by atoms with Crippen LogP contribution in [0.1, 0.15) is 29.6 Å². The molecule has 2 aromatic carbocycles. The molecular formula is C17H17BrN2O. The Labute approximate surface area is 132 Å². The molecule has 2 aliphatic rings. The summed E-state index contributed by atoms with van der Waals surface area (Å²) in [7, 11) is 0. The minimum Gasteiger partial charge on any atom is -0.348 e. The van der Waals surface area contributed by atoms with Crippen LogP contribution in [0, 0.1) is 0 Å². The predicted molar refractivity (Wildman–Crippen MR) is 87.5 cm³/mol. The largest absolute Gasteiger partial charge is 0.348 e. The van der Waals surface area contributed by atoms with Crippen molar-refractivity contribution < 1.29 is 4.79 Å². The van der Waals surface area contributed by atoms with Crippen LogP contribution in [0.15, 0.2) is 40.9 Å². The van der Waals surface area contributed by atoms with Gasteiger partial charge in [0.25, 0.3) is 5.91 Å². The third kappa shape index (κ3) is 2.47. The van der Waals surface area contributed by atoms with Gasteiger partial charge in [-0.3, -0.25) is 4.79 Å². The molecule has 0 aromatic heterocycles. The molecule has 0 spiro atoms. The molecule has 21 heavy (non-hydrogen) atoms. The van der Waals surface area contributed by atoms with E-state index in [2.05, 4.69) is 32.6 Å². The quantitative estimate of drug-likeness (QED) is 0.878. The Morgan fingerprint density at radius 1 is 1.14 bits per heavy atom. The zero-order valence-electron chi connectivity index (χ0n) is 11.6. The van der Waals surface area contributed by atoms with Gasteiger partial charge in [0.2, 0.25) is 0 Å². The van der Waals surface area contributed by atoms with E-state index < -0.39 is 0 Å². The highest BCUT2D eigenvalue weighted by atomic mass is 79.9. The standard InChI is InChI=1S/C17H17BrN2O/c18-13-4-3-10-1-2-11(7-12(10)8-13)17(21)20-16-9-14-5-6-15(16)19-14/h1-4,7-8,14-16,19H,5-6,9H2,(H,20,21)/t14-,15+,16-/m1/s1. The van der Waals surface area contributed by atoms with Crippen LogP contribution in [-0.4, -0.2) is 24.0 Å². The number of amides is 1. The van der Waals surface area contributed by atoms with Gasteiger partial charge in [-0.2, -0.15) is 0 Å². The summed E-state index contributed by atoms with van der Waals surface area (Å²) in [5.41, 5.74) is 0.739. The minimum absolute atomic E-state index is 0.0382. The predicted octanol–water partition coefficient (Wildman–Crippen LogP) is 3.23. The van der Waals surface area contributed by atoms with Crippen LogP contribution in [0.25, 0.3) is 10.8 Å². The summed E-state index contributed by atoms with van der Waals surface area (Å²) in [4.78, 5) is 12.5. The van der Waals surface area contributed by atoms with Crippen molar-refractivity contribution in [1.29, 1.82) is 0 Å². The van der Waals surface area contributed by atoms with Crippen molar-refractivity contribution in [3.63, 3.8) is 0 Å². The van der Waals surface area contributed by atoms with Crippen molar-refractivity contribution in [3.05, 3.63) is 46.4 Å². The first-order valence-electron chi connectivity index (χ1n) is 7.45. The van der Waals surface area contributed by atoms with Gasteiger partial charge in [0.1, 0.15) is 0 Å². The molecular weight excluding hydrogens is 328 g/mol. The maximum absolute atomic E-state index is 12.5. The number of hydrogen-bond acceptors (Lipinski definition) is 2. The summed E-state index contributed by atoms with van der Waals surface area (Å²) in [6, 6.07) is 13.4. The number of benzene rings is 2. The van der Waals surface area contributed by atoms with E-state index in [0.29, 0.717) is 12.1 Å². The van der Waals surface area contributed by atoms with Gasteiger partial charge < -0.3 is 10.6 Å². The topological polar surface area (TPSA) is 41.1 Å². The summed E-state index contributed by atoms with van der Waals surface area (Å²) in [5.74, 6) is 0.0382. The highest BCUT2D eigenvalue weighted by Crippen LogP contribution is 2.28. The molecule has 2 saturated heterocycles. The summed E-state index contributed by atoms with van der Waals surface area (Å²) >= 11 is 3.48. The highest BCUT2D eigenvalue weighted by molar-refractivity contribution is 9.10. The van der Waals surface area contributed by atoms with Crippen molar-refractivity contribution in [3.8, 4) is 0 Å². The van der Waals surface area contributed by atoms with Crippen LogP contribution < -0.4 is 10.6 Å². The van der Waals surface area contributed by atoms with E-state index in [-0.39, 0.29) is 11.9 Å². The molecule has 2 fully saturated rings. The number of fused-ring (bicyclic) bond motifs is 3. The fourth-order valence-electron chi connectivity index (χ4n) is 3.59. The Hall–Kier alpha value is -1.39. The van der Waals surface area contributed by atoms with Crippen molar-refractivity contribution in [2.45, 2.75) is 37.4 Å². The number of nitrogens with one attached hydrogen (secondary N) is 2. The first-order valence-corrected chi connectivity index (χ1v) is 8.24. The fraction of sp³-hybridized carbons (Fsp3) is 0.353. The van der Waals surface area contributed by atoms with Crippen molar-refractivity contribution in [2.24, 2.45) is 0 Å². The molecule has 1 amide bonds. The Kier molecular flexibility index (Phi) is 3.23. The molecule has 0 unspecified atom stereocenters. The average Bonchev–Trinajstić information content (AvgIpc) is 3.09. The lowest BCUT2D eigenvalue weighted by molar-refractivity contribution is 0.0931. The van der Waals surface area contributed by atoms with Crippen LogP contribution >= 0.6 is 15.9 Å². The molecule has 108 valence electrons. The third-order valence-corrected chi connectivity index (χ3v) is 5.17. The number of halogens is 1. The second kappa shape index (κ2) is 5.11. The van der Waals surface area contributed by atoms with Crippen molar-refractivity contribution >= 4 is 32.6 Å². The summed E-state index contributed by atoms with van der Waals surface area (Å²) in [6.45, 7) is 0. The summed E-state index contributed by atoms with van der Waals surface area (Å²) in [6.07, 6.45) is 3.50. The Morgan fingerprint density at radius 2 is 2.00 bits per heavy atom. The van der Waals surface area contributed by atoms with Gasteiger partial charge in [0.05, 0.1) is 0 Å². The lowest BCUT2D eigenvalue weighted by Crippen LogP contribution is -2.42. The van der Waals surface area contributed by atoms with Crippen LogP contribution in [0.2, 0.25) is 0 Å². The van der Waals surface area contributed by atoms with Gasteiger partial charge in [-0.05, 0) is 54.3 Å². The van der Waals surface area contributed by atoms with Gasteiger partial charge in [0.15, 0.2) is 0 Å². The monoisotopic (exact) mass is 344 g/mol. The van der Waals surface area contributed by atoms with Gasteiger partial charge in [0, 0.05) is 28.2 Å². The molecule has 3 atom stereocenters. The van der Waals surface area contributed by atoms with E-state index in [9.17, 15) is 4.79 Å². The average molecular weight is 345 g/mol. The first-order chi connectivity index (χ1) is 10.2. The molecule has 0 aliphatic carbocycles. The van der Waals surface area contributed by atoms with Gasteiger partial charge in [-0.15, -0.1) is 0 Å². The van der Waals surface area contributed by atoms with Gasteiger partial charge in [-0.25, -0.2) is 0 Å². The Morgan fingerprint density at radius 3 is 2.76 bits per heavy atom.